The van der Waals surface area contributed by atoms with Gasteiger partial charge in [0.2, 0.25) is 0 Å². The molecule has 0 saturated carbocycles. The number of carboxylic acid groups (broad SMARTS) is 1. The molecule has 13 heavy (non-hydrogen) atoms. The van der Waals surface area contributed by atoms with Crippen molar-refractivity contribution in [1.82, 2.24) is 3.64 Å². The molecule has 1 N–H and O–H groups in total. The first-order valence-corrected chi connectivity index (χ1v) is 6.18. The first-order valence-electron chi connectivity index (χ1n) is 4.86. The quantitative estimate of drug-likeness (QED) is 0.570. The van der Waals surface area contributed by atoms with E-state index in [0.29, 0.717) is 0 Å². The van der Waals surface area contributed by atoms with E-state index >= 15 is 0 Å². The maximum atomic E-state index is 8.36. The summed E-state index contributed by atoms with van der Waals surface area (Å²) in [6, 6.07) is 0. The Kier molecular flexibility index (Phi) is 17.4. The van der Waals surface area contributed by atoms with Crippen LogP contribution >= 0.6 is 0 Å². The zero-order valence-corrected chi connectivity index (χ0v) is 11.8. The van der Waals surface area contributed by atoms with Gasteiger partial charge in [0.25, 0.3) is 6.47 Å². The molecule has 4 heteroatoms. The van der Waals surface area contributed by atoms with Crippen molar-refractivity contribution in [3.8, 4) is 0 Å². The average Bonchev–Trinajstić information content (AvgIpc) is 2.12. The van der Waals surface area contributed by atoms with Gasteiger partial charge < -0.3 is 5.11 Å². The van der Waals surface area contributed by atoms with Crippen LogP contribution in [0.5, 0.6) is 0 Å². The van der Waals surface area contributed by atoms with Crippen LogP contribution in [0.25, 0.3) is 0 Å². The molecule has 0 saturated heterocycles. The Morgan fingerprint density at radius 2 is 1.54 bits per heavy atom. The predicted molar refractivity (Wildman–Crippen MR) is 50.1 cm³/mol. The normalized spacial score (nSPS) is 9.31. The van der Waals surface area contributed by atoms with Crippen molar-refractivity contribution in [2.24, 2.45) is 0 Å². The second kappa shape index (κ2) is 14.6. The van der Waals surface area contributed by atoms with E-state index in [1.807, 2.05) is 0 Å². The molecular weight excluding hydrogens is 219 g/mol. The van der Waals surface area contributed by atoms with Crippen molar-refractivity contribution in [2.75, 3.05) is 13.1 Å². The van der Waals surface area contributed by atoms with Crippen LogP contribution in [0, 0.1) is 0 Å². The van der Waals surface area contributed by atoms with Crippen molar-refractivity contribution in [1.29, 1.82) is 0 Å². The molecule has 75 valence electrons. The van der Waals surface area contributed by atoms with E-state index < -0.39 is 0 Å². The average molecular weight is 240 g/mol. The largest absolute Gasteiger partial charge is 0.483 e. The molecule has 0 bridgehead atoms. The van der Waals surface area contributed by atoms with Gasteiger partial charge in [-0.3, -0.25) is 4.79 Å². The topological polar surface area (TPSA) is 40.5 Å². The van der Waals surface area contributed by atoms with E-state index in [1.165, 1.54) is 57.3 Å². The Labute approximate surface area is 91.4 Å². The van der Waals surface area contributed by atoms with E-state index in [1.54, 1.807) is 0 Å². The summed E-state index contributed by atoms with van der Waals surface area (Å²) >= 11 is 1.35. The molecule has 0 fully saturated rings. The third-order valence-electron chi connectivity index (χ3n) is 1.66. The molecule has 0 spiro atoms. The van der Waals surface area contributed by atoms with E-state index in [0.717, 1.165) is 0 Å². The summed E-state index contributed by atoms with van der Waals surface area (Å²) in [7, 11) is 0. The van der Waals surface area contributed by atoms with Gasteiger partial charge in [-0.15, -0.1) is 0 Å². The fourth-order valence-corrected chi connectivity index (χ4v) is 1.81. The SMILES string of the molecule is CCCC[N]([Zn])CCCC.O=CO. The fourth-order valence-electron chi connectivity index (χ4n) is 0.875. The minimum atomic E-state index is -0.250. The smallest absolute Gasteiger partial charge is 0.290 e. The van der Waals surface area contributed by atoms with Gasteiger partial charge in [0.1, 0.15) is 0 Å². The molecule has 0 aliphatic heterocycles. The van der Waals surface area contributed by atoms with Gasteiger partial charge in [-0.05, 0) is 0 Å². The van der Waals surface area contributed by atoms with Crippen LogP contribution in [-0.2, 0) is 23.3 Å². The summed E-state index contributed by atoms with van der Waals surface area (Å²) in [6.45, 7) is 6.92. The van der Waals surface area contributed by atoms with Gasteiger partial charge in [0.15, 0.2) is 0 Å². The molecule has 0 atom stereocenters. The maximum absolute atomic E-state index is 8.36. The Hall–Kier alpha value is 0.0534. The number of unbranched alkanes of at least 4 members (excludes halogenated alkanes) is 2. The Bertz CT molecular complexity index is 93.6. The van der Waals surface area contributed by atoms with Crippen molar-refractivity contribution in [3.05, 3.63) is 0 Å². The third kappa shape index (κ3) is 18.8. The van der Waals surface area contributed by atoms with Crippen molar-refractivity contribution in [3.63, 3.8) is 0 Å². The van der Waals surface area contributed by atoms with Gasteiger partial charge in [-0.2, -0.15) is 0 Å². The van der Waals surface area contributed by atoms with E-state index in [2.05, 4.69) is 17.5 Å². The number of hydrogen-bond donors (Lipinski definition) is 1. The van der Waals surface area contributed by atoms with Gasteiger partial charge >= 0.3 is 74.8 Å². The Morgan fingerprint density at radius 1 is 1.23 bits per heavy atom. The Balaban J connectivity index is 0. The van der Waals surface area contributed by atoms with Crippen LogP contribution in [0.15, 0.2) is 0 Å². The van der Waals surface area contributed by atoms with Crippen LogP contribution in [0.2, 0.25) is 0 Å². The van der Waals surface area contributed by atoms with Crippen LogP contribution in [-0.4, -0.2) is 28.3 Å². The molecule has 0 heterocycles. The predicted octanol–water partition coefficient (Wildman–Crippen LogP) is 2.05. The number of rotatable bonds is 6. The first-order chi connectivity index (χ1) is 6.22. The van der Waals surface area contributed by atoms with Crippen LogP contribution < -0.4 is 0 Å². The van der Waals surface area contributed by atoms with E-state index in [9.17, 15) is 0 Å². The molecule has 0 aromatic carbocycles. The molecule has 0 amide bonds. The number of hydrogen-bond acceptors (Lipinski definition) is 2. The van der Waals surface area contributed by atoms with Gasteiger partial charge in [0, 0.05) is 0 Å². The summed E-state index contributed by atoms with van der Waals surface area (Å²) < 4.78 is 2.55. The molecule has 0 radical (unpaired) electrons. The molecule has 0 aliphatic rings. The number of carbonyl (C=O) groups is 1. The maximum Gasteiger partial charge on any atom is 0.290 e. The van der Waals surface area contributed by atoms with Crippen LogP contribution in [0.4, 0.5) is 0 Å². The van der Waals surface area contributed by atoms with E-state index in [4.69, 9.17) is 9.90 Å². The Morgan fingerprint density at radius 3 is 1.77 bits per heavy atom. The fraction of sp³-hybridized carbons (Fsp3) is 0.889. The summed E-state index contributed by atoms with van der Waals surface area (Å²) in [5.74, 6) is 0. The minimum Gasteiger partial charge on any atom is -0.483 e. The number of nitrogens with zero attached hydrogens (tertiary/aromatic N) is 1. The summed E-state index contributed by atoms with van der Waals surface area (Å²) in [4.78, 5) is 8.36. The van der Waals surface area contributed by atoms with Crippen LogP contribution in [0.3, 0.4) is 0 Å². The molecular formula is C9H20NO2Zn. The summed E-state index contributed by atoms with van der Waals surface area (Å²) in [5.41, 5.74) is 0. The second-order valence-electron chi connectivity index (χ2n) is 2.93. The van der Waals surface area contributed by atoms with Gasteiger partial charge in [-0.1, -0.05) is 0 Å². The minimum absolute atomic E-state index is 0.250. The summed E-state index contributed by atoms with van der Waals surface area (Å²) in [5, 5.41) is 6.89. The first kappa shape index (κ1) is 15.5. The molecule has 0 rings (SSSR count). The third-order valence-corrected chi connectivity index (χ3v) is 2.98. The molecule has 0 aromatic heterocycles. The van der Waals surface area contributed by atoms with Gasteiger partial charge in [-0.25, -0.2) is 0 Å². The van der Waals surface area contributed by atoms with E-state index in [-0.39, 0.29) is 6.47 Å². The second-order valence-corrected chi connectivity index (χ2v) is 4.81. The zero-order chi connectivity index (χ0) is 10.5. The molecule has 0 unspecified atom stereocenters. The standard InChI is InChI=1S/C8H18N.CH2O2.Zn/c1-3-5-7-9-8-6-4-2;2-1-3;/h3-8H2,1-2H3;1H,(H,2,3);/q-1;;+1. The van der Waals surface area contributed by atoms with Crippen LogP contribution in [0.1, 0.15) is 39.5 Å². The molecule has 3 nitrogen and oxygen atoms in total. The van der Waals surface area contributed by atoms with Gasteiger partial charge in [0.05, 0.1) is 0 Å². The molecule has 0 aromatic rings. The van der Waals surface area contributed by atoms with Crippen molar-refractivity contribution in [2.45, 2.75) is 39.5 Å². The van der Waals surface area contributed by atoms with Crippen molar-refractivity contribution < 1.29 is 28.4 Å². The summed E-state index contributed by atoms with van der Waals surface area (Å²) in [6.07, 6.45) is 5.43. The zero-order valence-electron chi connectivity index (χ0n) is 8.83. The van der Waals surface area contributed by atoms with Crippen molar-refractivity contribution >= 4 is 6.47 Å². The monoisotopic (exact) mass is 238 g/mol. The molecule has 0 aliphatic carbocycles.